The zero-order chi connectivity index (χ0) is 14.9. The second-order valence-corrected chi connectivity index (χ2v) is 6.21. The minimum Gasteiger partial charge on any atom is -0.351 e. The molecule has 0 aromatic heterocycles. The van der Waals surface area contributed by atoms with E-state index in [0.717, 1.165) is 24.0 Å². The Labute approximate surface area is 134 Å². The first-order chi connectivity index (χ1) is 10.1. The van der Waals surface area contributed by atoms with Gasteiger partial charge in [0.15, 0.2) is 0 Å². The molecule has 1 N–H and O–H groups in total. The van der Waals surface area contributed by atoms with Gasteiger partial charge in [-0.1, -0.05) is 53.5 Å². The molecule has 0 aliphatic heterocycles. The first-order valence-electron chi connectivity index (χ1n) is 6.90. The third-order valence-corrected chi connectivity index (χ3v) is 4.52. The highest BCUT2D eigenvalue weighted by Crippen LogP contribution is 2.50. The third-order valence-electron chi connectivity index (χ3n) is 3.94. The molecule has 108 valence electrons. The molecule has 1 aliphatic rings. The number of benzene rings is 2. The molecule has 0 spiro atoms. The number of halogens is 2. The van der Waals surface area contributed by atoms with Crippen molar-refractivity contribution in [3.63, 3.8) is 0 Å². The second-order valence-electron chi connectivity index (χ2n) is 5.37. The van der Waals surface area contributed by atoms with Crippen LogP contribution in [0.1, 0.15) is 24.0 Å². The largest absolute Gasteiger partial charge is 0.351 e. The quantitative estimate of drug-likeness (QED) is 0.892. The number of carbonyl (C=O) groups excluding carboxylic acids is 1. The van der Waals surface area contributed by atoms with Crippen molar-refractivity contribution < 1.29 is 4.79 Å². The van der Waals surface area contributed by atoms with E-state index in [1.165, 1.54) is 0 Å². The molecule has 21 heavy (non-hydrogen) atoms. The van der Waals surface area contributed by atoms with E-state index in [9.17, 15) is 4.79 Å². The van der Waals surface area contributed by atoms with E-state index in [-0.39, 0.29) is 5.91 Å². The molecule has 2 aromatic rings. The lowest BCUT2D eigenvalue weighted by Gasteiger charge is -2.17. The predicted molar refractivity (Wildman–Crippen MR) is 85.7 cm³/mol. The van der Waals surface area contributed by atoms with Crippen molar-refractivity contribution in [2.24, 2.45) is 0 Å². The Morgan fingerprint density at radius 1 is 1.05 bits per heavy atom. The molecular weight excluding hydrogens is 305 g/mol. The Bertz CT molecular complexity index is 663. The summed E-state index contributed by atoms with van der Waals surface area (Å²) < 4.78 is 0. The number of hydrogen-bond donors (Lipinski definition) is 1. The van der Waals surface area contributed by atoms with Crippen LogP contribution in [0.2, 0.25) is 10.0 Å². The molecule has 4 heteroatoms. The molecule has 0 atom stereocenters. The third kappa shape index (κ3) is 2.92. The van der Waals surface area contributed by atoms with Gasteiger partial charge in [-0.3, -0.25) is 4.79 Å². The highest BCUT2D eigenvalue weighted by atomic mass is 35.5. The molecule has 2 aromatic carbocycles. The Morgan fingerprint density at radius 3 is 2.33 bits per heavy atom. The molecule has 0 bridgehead atoms. The molecule has 0 radical (unpaired) electrons. The molecule has 0 saturated heterocycles. The van der Waals surface area contributed by atoms with Gasteiger partial charge in [-0.2, -0.15) is 0 Å². The summed E-state index contributed by atoms with van der Waals surface area (Å²) in [6.07, 6.45) is 1.70. The maximum absolute atomic E-state index is 12.5. The molecule has 0 unspecified atom stereocenters. The van der Waals surface area contributed by atoms with Crippen LogP contribution in [0, 0.1) is 0 Å². The SMILES string of the molecule is O=C(NCc1ccc(Cl)cc1)C1(c2ccccc2Cl)CC1. The molecule has 2 nitrogen and oxygen atoms in total. The average Bonchev–Trinajstić information content (AvgIpc) is 3.28. The summed E-state index contributed by atoms with van der Waals surface area (Å²) in [6, 6.07) is 15.1. The second kappa shape index (κ2) is 5.70. The van der Waals surface area contributed by atoms with Crippen molar-refractivity contribution >= 4 is 29.1 Å². The highest BCUT2D eigenvalue weighted by Gasteiger charge is 2.52. The monoisotopic (exact) mass is 319 g/mol. The Balaban J connectivity index is 1.71. The van der Waals surface area contributed by atoms with E-state index < -0.39 is 5.41 Å². The van der Waals surface area contributed by atoms with Gasteiger partial charge in [0.05, 0.1) is 5.41 Å². The van der Waals surface area contributed by atoms with Crippen molar-refractivity contribution in [1.82, 2.24) is 5.32 Å². The van der Waals surface area contributed by atoms with Gasteiger partial charge >= 0.3 is 0 Å². The summed E-state index contributed by atoms with van der Waals surface area (Å²) in [6.45, 7) is 0.502. The van der Waals surface area contributed by atoms with Gasteiger partial charge in [-0.05, 0) is 42.2 Å². The number of amides is 1. The fourth-order valence-corrected chi connectivity index (χ4v) is 2.99. The summed E-state index contributed by atoms with van der Waals surface area (Å²) in [5.74, 6) is 0.0468. The van der Waals surface area contributed by atoms with E-state index in [4.69, 9.17) is 23.2 Å². The molecule has 1 saturated carbocycles. The molecule has 3 rings (SSSR count). The van der Waals surface area contributed by atoms with Crippen molar-refractivity contribution in [2.45, 2.75) is 24.8 Å². The molecule has 0 heterocycles. The van der Waals surface area contributed by atoms with Crippen molar-refractivity contribution in [3.05, 3.63) is 69.7 Å². The number of hydrogen-bond acceptors (Lipinski definition) is 1. The summed E-state index contributed by atoms with van der Waals surface area (Å²) in [5, 5.41) is 4.36. The van der Waals surface area contributed by atoms with Gasteiger partial charge < -0.3 is 5.32 Å². The van der Waals surface area contributed by atoms with Crippen LogP contribution in [0.25, 0.3) is 0 Å². The zero-order valence-corrected chi connectivity index (χ0v) is 12.9. The standard InChI is InChI=1S/C17H15Cl2NO/c18-13-7-5-12(6-8-13)11-20-16(21)17(9-10-17)14-3-1-2-4-15(14)19/h1-8H,9-11H2,(H,20,21). The van der Waals surface area contributed by atoms with Gasteiger partial charge in [0.1, 0.15) is 0 Å². The van der Waals surface area contributed by atoms with Crippen LogP contribution in [0.15, 0.2) is 48.5 Å². The van der Waals surface area contributed by atoms with Crippen LogP contribution in [0.4, 0.5) is 0 Å². The lowest BCUT2D eigenvalue weighted by Crippen LogP contribution is -2.34. The zero-order valence-electron chi connectivity index (χ0n) is 11.4. The van der Waals surface area contributed by atoms with E-state index in [0.29, 0.717) is 16.6 Å². The fraction of sp³-hybridized carbons (Fsp3) is 0.235. The normalized spacial score (nSPS) is 15.5. The number of carbonyl (C=O) groups is 1. The van der Waals surface area contributed by atoms with Gasteiger partial charge in [0.2, 0.25) is 5.91 Å². The van der Waals surface area contributed by atoms with Gasteiger partial charge in [-0.25, -0.2) is 0 Å². The van der Waals surface area contributed by atoms with E-state index >= 15 is 0 Å². The fourth-order valence-electron chi connectivity index (χ4n) is 2.55. The van der Waals surface area contributed by atoms with Crippen LogP contribution in [-0.2, 0) is 16.8 Å². The van der Waals surface area contributed by atoms with Crippen LogP contribution < -0.4 is 5.32 Å². The maximum Gasteiger partial charge on any atom is 0.230 e. The van der Waals surface area contributed by atoms with Crippen LogP contribution in [0.3, 0.4) is 0 Å². The lowest BCUT2D eigenvalue weighted by atomic mass is 9.95. The maximum atomic E-state index is 12.5. The first kappa shape index (κ1) is 14.4. The van der Waals surface area contributed by atoms with Crippen molar-refractivity contribution in [3.8, 4) is 0 Å². The number of rotatable bonds is 4. The smallest absolute Gasteiger partial charge is 0.230 e. The average molecular weight is 320 g/mol. The van der Waals surface area contributed by atoms with E-state index in [2.05, 4.69) is 5.32 Å². The Morgan fingerprint density at radius 2 is 1.71 bits per heavy atom. The summed E-state index contributed by atoms with van der Waals surface area (Å²) in [5.41, 5.74) is 1.52. The Kier molecular flexibility index (Phi) is 3.92. The minimum atomic E-state index is -0.440. The summed E-state index contributed by atoms with van der Waals surface area (Å²) in [7, 11) is 0. The minimum absolute atomic E-state index is 0.0468. The van der Waals surface area contributed by atoms with Crippen molar-refractivity contribution in [2.75, 3.05) is 0 Å². The van der Waals surface area contributed by atoms with Gasteiger partial charge in [0.25, 0.3) is 0 Å². The summed E-state index contributed by atoms with van der Waals surface area (Å²) >= 11 is 12.1. The summed E-state index contributed by atoms with van der Waals surface area (Å²) in [4.78, 5) is 12.5. The van der Waals surface area contributed by atoms with Crippen molar-refractivity contribution in [1.29, 1.82) is 0 Å². The van der Waals surface area contributed by atoms with E-state index in [1.54, 1.807) is 0 Å². The molecule has 1 fully saturated rings. The topological polar surface area (TPSA) is 29.1 Å². The van der Waals surface area contributed by atoms with Crippen LogP contribution >= 0.6 is 23.2 Å². The van der Waals surface area contributed by atoms with Crippen LogP contribution in [-0.4, -0.2) is 5.91 Å². The molecule has 1 aliphatic carbocycles. The van der Waals surface area contributed by atoms with Gasteiger partial charge in [0, 0.05) is 16.6 Å². The Hall–Kier alpha value is -1.51. The lowest BCUT2D eigenvalue weighted by molar-refractivity contribution is -0.123. The van der Waals surface area contributed by atoms with Crippen LogP contribution in [0.5, 0.6) is 0 Å². The van der Waals surface area contributed by atoms with E-state index in [1.807, 2.05) is 48.5 Å². The molecular formula is C17H15Cl2NO. The number of nitrogens with one attached hydrogen (secondary N) is 1. The predicted octanol–water partition coefficient (Wildman–Crippen LogP) is 4.34. The first-order valence-corrected chi connectivity index (χ1v) is 7.65. The highest BCUT2D eigenvalue weighted by molar-refractivity contribution is 6.32. The molecule has 1 amide bonds. The van der Waals surface area contributed by atoms with Gasteiger partial charge in [-0.15, -0.1) is 0 Å².